The van der Waals surface area contributed by atoms with Crippen LogP contribution in [0.5, 0.6) is 0 Å². The molecule has 1 N–H and O–H groups in total. The first-order valence-corrected chi connectivity index (χ1v) is 5.52. The van der Waals surface area contributed by atoms with Gasteiger partial charge in [-0.3, -0.25) is 4.99 Å². The zero-order valence-corrected chi connectivity index (χ0v) is 8.75. The Kier molecular flexibility index (Phi) is 3.03. The number of hydrogen-bond acceptors (Lipinski definition) is 5. The van der Waals surface area contributed by atoms with E-state index in [2.05, 4.69) is 31.9 Å². The molecule has 0 bridgehead atoms. The van der Waals surface area contributed by atoms with E-state index in [4.69, 9.17) is 0 Å². The molecule has 1 saturated heterocycles. The van der Waals surface area contributed by atoms with E-state index in [1.54, 1.807) is 11.8 Å². The Bertz CT molecular complexity index is 311. The maximum absolute atomic E-state index is 4.62. The van der Waals surface area contributed by atoms with Crippen molar-refractivity contribution < 1.29 is 4.52 Å². The largest absolute Gasteiger partial charge is 0.362 e. The van der Waals surface area contributed by atoms with E-state index in [1.165, 1.54) is 12.8 Å². The molecular weight excluding hydrogens is 200 g/mol. The van der Waals surface area contributed by atoms with E-state index in [1.807, 2.05) is 0 Å². The Morgan fingerprint density at radius 3 is 3.43 bits per heavy atom. The first kappa shape index (κ1) is 9.51. The summed E-state index contributed by atoms with van der Waals surface area (Å²) in [6.07, 6.45) is 2.51. The molecule has 2 heterocycles. The van der Waals surface area contributed by atoms with Crippen molar-refractivity contribution in [3.8, 4) is 0 Å². The number of aliphatic imine (C=N–C) groups is 1. The fourth-order valence-electron chi connectivity index (χ4n) is 1.15. The van der Waals surface area contributed by atoms with Crippen LogP contribution in [0.2, 0.25) is 0 Å². The normalized spacial score (nSPS) is 24.9. The Hall–Kier alpha value is -1.04. The van der Waals surface area contributed by atoms with Crippen LogP contribution in [-0.2, 0) is 6.54 Å². The third-order valence-electron chi connectivity index (χ3n) is 1.93. The second-order valence-corrected chi connectivity index (χ2v) is 4.23. The molecule has 0 aromatic carbocycles. The first-order chi connectivity index (χ1) is 6.84. The van der Waals surface area contributed by atoms with Crippen molar-refractivity contribution in [3.63, 3.8) is 0 Å². The number of nitrogens with one attached hydrogen (secondary N) is 1. The Morgan fingerprint density at radius 1 is 1.79 bits per heavy atom. The van der Waals surface area contributed by atoms with Gasteiger partial charge in [0.15, 0.2) is 11.0 Å². The summed E-state index contributed by atoms with van der Waals surface area (Å²) in [5, 5.41) is 7.98. The quantitative estimate of drug-likeness (QED) is 0.793. The van der Waals surface area contributed by atoms with Gasteiger partial charge in [-0.2, -0.15) is 4.98 Å². The van der Waals surface area contributed by atoms with Crippen LogP contribution in [0.25, 0.3) is 0 Å². The van der Waals surface area contributed by atoms with E-state index in [0.29, 0.717) is 18.4 Å². The summed E-state index contributed by atoms with van der Waals surface area (Å²) in [4.78, 5) is 8.26. The zero-order chi connectivity index (χ0) is 9.80. The zero-order valence-electron chi connectivity index (χ0n) is 7.93. The molecule has 2 rings (SSSR count). The maximum Gasteiger partial charge on any atom is 0.213 e. The summed E-state index contributed by atoms with van der Waals surface area (Å²) in [6.45, 7) is 2.64. The lowest BCUT2D eigenvalue weighted by Crippen LogP contribution is -2.35. The van der Waals surface area contributed by atoms with Crippen LogP contribution in [-0.4, -0.2) is 27.1 Å². The smallest absolute Gasteiger partial charge is 0.213 e. The SMILES string of the molecule is CC1CCSC(=NCc2ncon2)N1. The average Bonchev–Trinajstić information content (AvgIpc) is 2.67. The summed E-state index contributed by atoms with van der Waals surface area (Å²) in [6, 6.07) is 0.514. The van der Waals surface area contributed by atoms with Gasteiger partial charge in [0, 0.05) is 11.8 Å². The molecule has 0 amide bonds. The second-order valence-electron chi connectivity index (χ2n) is 3.15. The van der Waals surface area contributed by atoms with E-state index in [9.17, 15) is 0 Å². The number of hydrogen-bond donors (Lipinski definition) is 1. The van der Waals surface area contributed by atoms with Crippen LogP contribution >= 0.6 is 11.8 Å². The molecule has 1 aromatic heterocycles. The molecule has 1 fully saturated rings. The van der Waals surface area contributed by atoms with Gasteiger partial charge >= 0.3 is 0 Å². The van der Waals surface area contributed by atoms with Crippen LogP contribution in [0.1, 0.15) is 19.2 Å². The van der Waals surface area contributed by atoms with Crippen molar-refractivity contribution in [2.75, 3.05) is 5.75 Å². The summed E-state index contributed by atoms with van der Waals surface area (Å²) < 4.78 is 4.62. The maximum atomic E-state index is 4.62. The molecule has 1 atom stereocenters. The molecule has 14 heavy (non-hydrogen) atoms. The molecule has 6 heteroatoms. The van der Waals surface area contributed by atoms with E-state index < -0.39 is 0 Å². The monoisotopic (exact) mass is 212 g/mol. The Labute approximate surface area is 86.4 Å². The molecule has 0 aliphatic carbocycles. The van der Waals surface area contributed by atoms with Gasteiger partial charge in [0.2, 0.25) is 6.39 Å². The number of nitrogens with zero attached hydrogens (tertiary/aromatic N) is 3. The highest BCUT2D eigenvalue weighted by Crippen LogP contribution is 2.13. The summed E-state index contributed by atoms with van der Waals surface area (Å²) >= 11 is 1.74. The van der Waals surface area contributed by atoms with E-state index in [-0.39, 0.29) is 0 Å². The molecule has 0 spiro atoms. The molecule has 1 aliphatic rings. The predicted molar refractivity (Wildman–Crippen MR) is 55.1 cm³/mol. The van der Waals surface area contributed by atoms with Crippen molar-refractivity contribution in [2.45, 2.75) is 25.9 Å². The van der Waals surface area contributed by atoms with Gasteiger partial charge in [-0.05, 0) is 13.3 Å². The second kappa shape index (κ2) is 4.45. The molecule has 5 nitrogen and oxygen atoms in total. The topological polar surface area (TPSA) is 63.3 Å². The van der Waals surface area contributed by atoms with Gasteiger partial charge in [-0.25, -0.2) is 0 Å². The van der Waals surface area contributed by atoms with Crippen LogP contribution in [0.4, 0.5) is 0 Å². The Morgan fingerprint density at radius 2 is 2.71 bits per heavy atom. The number of thioether (sulfide) groups is 1. The van der Waals surface area contributed by atoms with E-state index >= 15 is 0 Å². The standard InChI is InChI=1S/C8H12N4OS/c1-6-2-3-14-8(11-6)9-4-7-10-5-13-12-7/h5-6H,2-4H2,1H3,(H,9,11). The number of aromatic nitrogens is 2. The van der Waals surface area contributed by atoms with Crippen molar-refractivity contribution in [2.24, 2.45) is 4.99 Å². The lowest BCUT2D eigenvalue weighted by Gasteiger charge is -2.21. The van der Waals surface area contributed by atoms with Gasteiger partial charge < -0.3 is 9.84 Å². The van der Waals surface area contributed by atoms with Crippen molar-refractivity contribution in [1.29, 1.82) is 0 Å². The first-order valence-electron chi connectivity index (χ1n) is 4.53. The minimum absolute atomic E-state index is 0.485. The highest BCUT2D eigenvalue weighted by atomic mass is 32.2. The van der Waals surface area contributed by atoms with Gasteiger partial charge in [0.05, 0.1) is 0 Å². The molecule has 1 unspecified atom stereocenters. The highest BCUT2D eigenvalue weighted by Gasteiger charge is 2.12. The van der Waals surface area contributed by atoms with Gasteiger partial charge in [0.25, 0.3) is 0 Å². The molecule has 0 radical (unpaired) electrons. The third kappa shape index (κ3) is 2.47. The van der Waals surface area contributed by atoms with E-state index in [0.717, 1.165) is 10.9 Å². The summed E-state index contributed by atoms with van der Waals surface area (Å²) in [7, 11) is 0. The van der Waals surface area contributed by atoms with Gasteiger partial charge in [0.1, 0.15) is 6.54 Å². The van der Waals surface area contributed by atoms with Crippen molar-refractivity contribution in [1.82, 2.24) is 15.5 Å². The summed E-state index contributed by atoms with van der Waals surface area (Å²) in [5.41, 5.74) is 0. The van der Waals surface area contributed by atoms with Crippen molar-refractivity contribution in [3.05, 3.63) is 12.2 Å². The molecule has 1 aromatic rings. The fourth-order valence-corrected chi connectivity index (χ4v) is 2.26. The Balaban J connectivity index is 1.91. The van der Waals surface area contributed by atoms with Crippen LogP contribution < -0.4 is 5.32 Å². The average molecular weight is 212 g/mol. The summed E-state index contributed by atoms with van der Waals surface area (Å²) in [5.74, 6) is 1.75. The lowest BCUT2D eigenvalue weighted by atomic mass is 10.3. The fraction of sp³-hybridized carbons (Fsp3) is 0.625. The van der Waals surface area contributed by atoms with Crippen molar-refractivity contribution >= 4 is 16.9 Å². The third-order valence-corrected chi connectivity index (χ3v) is 2.89. The number of rotatable bonds is 2. The predicted octanol–water partition coefficient (Wildman–Crippen LogP) is 1.04. The highest BCUT2D eigenvalue weighted by molar-refractivity contribution is 8.13. The van der Waals surface area contributed by atoms with Crippen LogP contribution in [0, 0.1) is 0 Å². The van der Waals surface area contributed by atoms with Crippen LogP contribution in [0.3, 0.4) is 0 Å². The molecular formula is C8H12N4OS. The lowest BCUT2D eigenvalue weighted by molar-refractivity contribution is 0.410. The van der Waals surface area contributed by atoms with Gasteiger partial charge in [-0.15, -0.1) is 0 Å². The molecule has 0 saturated carbocycles. The van der Waals surface area contributed by atoms with Gasteiger partial charge in [-0.1, -0.05) is 16.9 Å². The minimum Gasteiger partial charge on any atom is -0.362 e. The van der Waals surface area contributed by atoms with Crippen LogP contribution in [0.15, 0.2) is 15.9 Å². The molecule has 1 aliphatic heterocycles. The minimum atomic E-state index is 0.485. The number of amidine groups is 1. The molecule has 76 valence electrons.